The van der Waals surface area contributed by atoms with Gasteiger partial charge in [0.1, 0.15) is 6.04 Å². The van der Waals surface area contributed by atoms with Crippen LogP contribution in [0, 0.1) is 0 Å². The van der Waals surface area contributed by atoms with Gasteiger partial charge in [-0.15, -0.1) is 24.2 Å². The largest absolute Gasteiger partial charge is 0.355 e. The molecule has 1 saturated heterocycles. The molecule has 0 bridgehead atoms. The summed E-state index contributed by atoms with van der Waals surface area (Å²) in [7, 11) is 0. The van der Waals surface area contributed by atoms with Crippen LogP contribution in [0.5, 0.6) is 0 Å². The number of amides is 2. The summed E-state index contributed by atoms with van der Waals surface area (Å²) >= 11 is 1.68. The van der Waals surface area contributed by atoms with Crippen molar-refractivity contribution in [2.75, 3.05) is 18.2 Å². The fraction of sp³-hybridized carbons (Fsp3) is 0.778. The van der Waals surface area contributed by atoms with E-state index < -0.39 is 6.04 Å². The van der Waals surface area contributed by atoms with Gasteiger partial charge in [-0.3, -0.25) is 14.9 Å². The Morgan fingerprint density at radius 2 is 2.25 bits per heavy atom. The van der Waals surface area contributed by atoms with Gasteiger partial charge in [-0.1, -0.05) is 0 Å². The molecular weight excluding hydrogens is 250 g/mol. The number of thioether (sulfide) groups is 1. The molecule has 2 unspecified atom stereocenters. The number of carbonyl (C=O) groups excluding carboxylic acids is 2. The van der Waals surface area contributed by atoms with Crippen molar-refractivity contribution in [3.8, 4) is 0 Å². The van der Waals surface area contributed by atoms with Crippen LogP contribution in [0.2, 0.25) is 0 Å². The Balaban J connectivity index is 0.00000225. The highest BCUT2D eigenvalue weighted by molar-refractivity contribution is 7.99. The summed E-state index contributed by atoms with van der Waals surface area (Å²) < 4.78 is 0. The fourth-order valence-corrected chi connectivity index (χ4v) is 2.21. The molecule has 1 heterocycles. The minimum absolute atomic E-state index is 0. The first kappa shape index (κ1) is 15.5. The van der Waals surface area contributed by atoms with Gasteiger partial charge in [-0.05, 0) is 13.8 Å². The van der Waals surface area contributed by atoms with Gasteiger partial charge in [0, 0.05) is 18.2 Å². The van der Waals surface area contributed by atoms with E-state index in [2.05, 4.69) is 16.0 Å². The van der Waals surface area contributed by atoms with Crippen molar-refractivity contribution in [2.45, 2.75) is 25.9 Å². The first-order valence-electron chi connectivity index (χ1n) is 5.04. The van der Waals surface area contributed by atoms with Crippen LogP contribution in [-0.2, 0) is 9.59 Å². The lowest BCUT2D eigenvalue weighted by Gasteiger charge is -2.16. The summed E-state index contributed by atoms with van der Waals surface area (Å²) in [5.74, 6) is 1.33. The first-order chi connectivity index (χ1) is 7.15. The zero-order chi connectivity index (χ0) is 11.3. The van der Waals surface area contributed by atoms with Gasteiger partial charge in [-0.25, -0.2) is 0 Å². The molecule has 0 aliphatic carbocycles. The maximum absolute atomic E-state index is 11.6. The number of hydrogen-bond acceptors (Lipinski definition) is 4. The van der Waals surface area contributed by atoms with E-state index in [1.165, 1.54) is 0 Å². The molecule has 0 aromatic carbocycles. The predicted molar refractivity (Wildman–Crippen MR) is 67.8 cm³/mol. The summed E-state index contributed by atoms with van der Waals surface area (Å²) in [5, 5.41) is 8.39. The van der Waals surface area contributed by atoms with Gasteiger partial charge < -0.3 is 10.6 Å². The monoisotopic (exact) mass is 267 g/mol. The Kier molecular flexibility index (Phi) is 7.53. The lowest BCUT2D eigenvalue weighted by Crippen LogP contribution is -2.50. The molecule has 7 heteroatoms. The minimum Gasteiger partial charge on any atom is -0.355 e. The lowest BCUT2D eigenvalue weighted by molar-refractivity contribution is -0.129. The van der Waals surface area contributed by atoms with Gasteiger partial charge in [0.25, 0.3) is 0 Å². The molecule has 1 rings (SSSR count). The average molecular weight is 268 g/mol. The van der Waals surface area contributed by atoms with Crippen LogP contribution in [-0.4, -0.2) is 42.1 Å². The van der Waals surface area contributed by atoms with Crippen molar-refractivity contribution in [3.05, 3.63) is 0 Å². The molecule has 16 heavy (non-hydrogen) atoms. The number of halogens is 1. The highest BCUT2D eigenvalue weighted by Crippen LogP contribution is 2.09. The Bertz CT molecular complexity index is 247. The second-order valence-corrected chi connectivity index (χ2v) is 4.43. The molecule has 0 aromatic rings. The normalized spacial score (nSPS) is 20.8. The third-order valence-corrected chi connectivity index (χ3v) is 3.08. The van der Waals surface area contributed by atoms with Crippen LogP contribution in [0.15, 0.2) is 0 Å². The maximum Gasteiger partial charge on any atom is 0.242 e. The van der Waals surface area contributed by atoms with Crippen LogP contribution >= 0.6 is 24.2 Å². The van der Waals surface area contributed by atoms with Gasteiger partial charge in [0.2, 0.25) is 11.8 Å². The van der Waals surface area contributed by atoms with Crippen molar-refractivity contribution < 1.29 is 9.59 Å². The molecule has 2 atom stereocenters. The topological polar surface area (TPSA) is 70.2 Å². The molecule has 5 nitrogen and oxygen atoms in total. The van der Waals surface area contributed by atoms with Crippen LogP contribution in [0.4, 0.5) is 0 Å². The van der Waals surface area contributed by atoms with Crippen molar-refractivity contribution in [2.24, 2.45) is 0 Å². The second-order valence-electron chi connectivity index (χ2n) is 3.40. The van der Waals surface area contributed by atoms with Crippen LogP contribution in [0.25, 0.3) is 0 Å². The summed E-state index contributed by atoms with van der Waals surface area (Å²) in [6, 6.07) is -0.628. The molecule has 1 aliphatic rings. The van der Waals surface area contributed by atoms with Crippen molar-refractivity contribution in [3.63, 3.8) is 0 Å². The smallest absolute Gasteiger partial charge is 0.242 e. The minimum atomic E-state index is -0.468. The Morgan fingerprint density at radius 1 is 1.56 bits per heavy atom. The molecule has 0 radical (unpaired) electrons. The molecule has 0 spiro atoms. The lowest BCUT2D eigenvalue weighted by atomic mass is 10.2. The molecule has 94 valence electrons. The number of rotatable bonds is 4. The highest BCUT2D eigenvalue weighted by atomic mass is 35.5. The Hall–Kier alpha value is -0.460. The Labute approximate surface area is 106 Å². The standard InChI is InChI=1S/C9H17N3O2S.ClH/c1-3-10-8(13)6(2)12-9(14)7-4-15-5-11-7;/h6-7,11H,3-5H2,1-2H3,(H,10,13)(H,12,14);1H. The summed E-state index contributed by atoms with van der Waals surface area (Å²) in [4.78, 5) is 22.9. The fourth-order valence-electron chi connectivity index (χ4n) is 1.27. The summed E-state index contributed by atoms with van der Waals surface area (Å²) in [5.41, 5.74) is 0. The Morgan fingerprint density at radius 3 is 2.75 bits per heavy atom. The van der Waals surface area contributed by atoms with Crippen LogP contribution in [0.1, 0.15) is 13.8 Å². The SMILES string of the molecule is CCNC(=O)C(C)NC(=O)C1CSCN1.Cl. The van der Waals surface area contributed by atoms with Gasteiger partial charge >= 0.3 is 0 Å². The van der Waals surface area contributed by atoms with E-state index in [0.717, 1.165) is 11.6 Å². The molecule has 0 aromatic heterocycles. The quantitative estimate of drug-likeness (QED) is 0.655. The number of nitrogens with one attached hydrogen (secondary N) is 3. The third-order valence-electron chi connectivity index (χ3n) is 2.14. The van der Waals surface area contributed by atoms with Crippen molar-refractivity contribution >= 4 is 36.0 Å². The van der Waals surface area contributed by atoms with E-state index in [0.29, 0.717) is 6.54 Å². The predicted octanol–water partition coefficient (Wildman–Crippen LogP) is -0.288. The van der Waals surface area contributed by atoms with E-state index in [-0.39, 0.29) is 30.3 Å². The van der Waals surface area contributed by atoms with E-state index in [4.69, 9.17) is 0 Å². The molecule has 0 saturated carbocycles. The first-order valence-corrected chi connectivity index (χ1v) is 6.19. The van der Waals surface area contributed by atoms with E-state index in [9.17, 15) is 9.59 Å². The summed E-state index contributed by atoms with van der Waals surface area (Å²) in [6.07, 6.45) is 0. The van der Waals surface area contributed by atoms with Gasteiger partial charge in [0.15, 0.2) is 0 Å². The molecule has 3 N–H and O–H groups in total. The zero-order valence-electron chi connectivity index (χ0n) is 9.41. The maximum atomic E-state index is 11.6. The third kappa shape index (κ3) is 4.59. The molecule has 2 amide bonds. The van der Waals surface area contributed by atoms with E-state index >= 15 is 0 Å². The van der Waals surface area contributed by atoms with E-state index in [1.807, 2.05) is 6.92 Å². The second kappa shape index (κ2) is 7.76. The van der Waals surface area contributed by atoms with Crippen LogP contribution in [0.3, 0.4) is 0 Å². The number of likely N-dealkylation sites (N-methyl/N-ethyl adjacent to an activating group) is 1. The van der Waals surface area contributed by atoms with Gasteiger partial charge in [-0.2, -0.15) is 0 Å². The average Bonchev–Trinajstić information content (AvgIpc) is 2.70. The molecule has 1 aliphatic heterocycles. The molecule has 1 fully saturated rings. The molecular formula is C9H18ClN3O2S. The van der Waals surface area contributed by atoms with Crippen molar-refractivity contribution in [1.29, 1.82) is 0 Å². The van der Waals surface area contributed by atoms with Gasteiger partial charge in [0.05, 0.1) is 6.04 Å². The van der Waals surface area contributed by atoms with Crippen molar-refractivity contribution in [1.82, 2.24) is 16.0 Å². The number of carbonyl (C=O) groups is 2. The summed E-state index contributed by atoms with van der Waals surface area (Å²) in [6.45, 7) is 4.11. The zero-order valence-corrected chi connectivity index (χ0v) is 11.0. The van der Waals surface area contributed by atoms with Crippen LogP contribution < -0.4 is 16.0 Å². The number of hydrogen-bond donors (Lipinski definition) is 3. The highest BCUT2D eigenvalue weighted by Gasteiger charge is 2.25. The van der Waals surface area contributed by atoms with E-state index in [1.54, 1.807) is 18.7 Å².